The second-order valence-electron chi connectivity index (χ2n) is 8.61. The second kappa shape index (κ2) is 8.79. The number of para-hydroxylation sites is 1. The summed E-state index contributed by atoms with van der Waals surface area (Å²) >= 11 is 1.51. The SMILES string of the molecule is CC(C)Oc1ccc(-c2nc(C(=O)N3CCC(c4cc5ccccc5[nH]4)CC3)cs2)cc1. The van der Waals surface area contributed by atoms with Crippen LogP contribution in [0.3, 0.4) is 0 Å². The van der Waals surface area contributed by atoms with E-state index in [-0.39, 0.29) is 12.0 Å². The number of amides is 1. The predicted octanol–water partition coefficient (Wildman–Crippen LogP) is 6.10. The van der Waals surface area contributed by atoms with Crippen molar-refractivity contribution >= 4 is 28.1 Å². The number of H-pyrrole nitrogens is 1. The van der Waals surface area contributed by atoms with E-state index in [4.69, 9.17) is 4.74 Å². The van der Waals surface area contributed by atoms with Gasteiger partial charge in [-0.3, -0.25) is 4.79 Å². The summed E-state index contributed by atoms with van der Waals surface area (Å²) in [4.78, 5) is 23.2. The molecule has 32 heavy (non-hydrogen) atoms. The average molecular weight is 446 g/mol. The highest BCUT2D eigenvalue weighted by molar-refractivity contribution is 7.13. The van der Waals surface area contributed by atoms with Gasteiger partial charge in [-0.1, -0.05) is 18.2 Å². The Morgan fingerprint density at radius 3 is 2.59 bits per heavy atom. The van der Waals surface area contributed by atoms with Crippen molar-refractivity contribution in [3.8, 4) is 16.3 Å². The van der Waals surface area contributed by atoms with Gasteiger partial charge in [0.25, 0.3) is 5.91 Å². The molecule has 0 unspecified atom stereocenters. The topological polar surface area (TPSA) is 58.2 Å². The van der Waals surface area contributed by atoms with E-state index in [0.29, 0.717) is 11.6 Å². The Bertz CT molecular complexity index is 1180. The molecule has 4 aromatic rings. The number of likely N-dealkylation sites (tertiary alicyclic amines) is 1. The van der Waals surface area contributed by atoms with Crippen LogP contribution < -0.4 is 4.74 Å². The summed E-state index contributed by atoms with van der Waals surface area (Å²) in [7, 11) is 0. The van der Waals surface area contributed by atoms with Crippen LogP contribution in [0.1, 0.15) is 48.8 Å². The van der Waals surface area contributed by atoms with Crippen LogP contribution in [-0.2, 0) is 0 Å². The van der Waals surface area contributed by atoms with Gasteiger partial charge in [0, 0.05) is 41.2 Å². The Morgan fingerprint density at radius 1 is 1.12 bits per heavy atom. The standard InChI is InChI=1S/C26H27N3O2S/c1-17(2)31-21-9-7-19(8-10-21)25-28-24(16-32-25)26(30)29-13-11-18(12-14-29)23-15-20-5-3-4-6-22(20)27-23/h3-10,15-18,27H,11-14H2,1-2H3. The van der Waals surface area contributed by atoms with Crippen LogP contribution in [0.5, 0.6) is 5.75 Å². The van der Waals surface area contributed by atoms with Gasteiger partial charge in [-0.15, -0.1) is 11.3 Å². The van der Waals surface area contributed by atoms with Crippen molar-refractivity contribution in [1.82, 2.24) is 14.9 Å². The third kappa shape index (κ3) is 4.28. The van der Waals surface area contributed by atoms with Gasteiger partial charge in [0.2, 0.25) is 0 Å². The molecule has 0 radical (unpaired) electrons. The first kappa shape index (κ1) is 20.8. The summed E-state index contributed by atoms with van der Waals surface area (Å²) in [5.74, 6) is 1.33. The fourth-order valence-electron chi connectivity index (χ4n) is 4.32. The van der Waals surface area contributed by atoms with Crippen LogP contribution in [0.2, 0.25) is 0 Å². The van der Waals surface area contributed by atoms with Crippen LogP contribution in [0.15, 0.2) is 60.0 Å². The zero-order chi connectivity index (χ0) is 22.1. The number of ether oxygens (including phenoxy) is 1. The first-order chi connectivity index (χ1) is 15.6. The molecule has 1 aliphatic heterocycles. The van der Waals surface area contributed by atoms with Crippen molar-refractivity contribution in [3.63, 3.8) is 0 Å². The van der Waals surface area contributed by atoms with Crippen molar-refractivity contribution in [3.05, 3.63) is 71.4 Å². The van der Waals surface area contributed by atoms with E-state index in [1.165, 1.54) is 27.9 Å². The molecule has 2 aromatic heterocycles. The number of nitrogens with one attached hydrogen (secondary N) is 1. The van der Waals surface area contributed by atoms with Crippen molar-refractivity contribution in [1.29, 1.82) is 0 Å². The maximum Gasteiger partial charge on any atom is 0.273 e. The molecule has 0 aliphatic carbocycles. The molecule has 2 aromatic carbocycles. The Labute approximate surface area is 192 Å². The Balaban J connectivity index is 1.22. The van der Waals surface area contributed by atoms with E-state index in [1.807, 2.05) is 48.4 Å². The fraction of sp³-hybridized carbons (Fsp3) is 0.308. The summed E-state index contributed by atoms with van der Waals surface area (Å²) in [5, 5.41) is 3.98. The summed E-state index contributed by atoms with van der Waals surface area (Å²) in [5.41, 5.74) is 4.00. The summed E-state index contributed by atoms with van der Waals surface area (Å²) in [6, 6.07) is 18.5. The third-order valence-electron chi connectivity index (χ3n) is 5.97. The van der Waals surface area contributed by atoms with Gasteiger partial charge in [-0.05, 0) is 68.5 Å². The molecular formula is C26H27N3O2S. The molecule has 1 amide bonds. The molecule has 3 heterocycles. The lowest BCUT2D eigenvalue weighted by Gasteiger charge is -2.31. The first-order valence-corrected chi connectivity index (χ1v) is 12.0. The van der Waals surface area contributed by atoms with E-state index in [0.717, 1.165) is 42.3 Å². The van der Waals surface area contributed by atoms with Crippen molar-refractivity contribution in [2.45, 2.75) is 38.7 Å². The minimum absolute atomic E-state index is 0.0300. The lowest BCUT2D eigenvalue weighted by Crippen LogP contribution is -2.38. The molecule has 1 aliphatic rings. The fourth-order valence-corrected chi connectivity index (χ4v) is 5.12. The number of nitrogens with zero attached hydrogens (tertiary/aromatic N) is 2. The number of carbonyl (C=O) groups excluding carboxylic acids is 1. The smallest absolute Gasteiger partial charge is 0.273 e. The molecule has 0 spiro atoms. The van der Waals surface area contributed by atoms with Crippen LogP contribution in [0.25, 0.3) is 21.5 Å². The molecule has 5 nitrogen and oxygen atoms in total. The number of fused-ring (bicyclic) bond motifs is 1. The number of carbonyl (C=O) groups is 1. The molecule has 0 bridgehead atoms. The number of rotatable bonds is 5. The summed E-state index contributed by atoms with van der Waals surface area (Å²) in [6.45, 7) is 5.53. The highest BCUT2D eigenvalue weighted by Gasteiger charge is 2.26. The van der Waals surface area contributed by atoms with E-state index < -0.39 is 0 Å². The molecule has 1 saturated heterocycles. The number of piperidine rings is 1. The van der Waals surface area contributed by atoms with Gasteiger partial charge in [0.05, 0.1) is 6.10 Å². The maximum absolute atomic E-state index is 13.0. The first-order valence-electron chi connectivity index (χ1n) is 11.2. The number of thiazole rings is 1. The summed E-state index contributed by atoms with van der Waals surface area (Å²) < 4.78 is 5.71. The van der Waals surface area contributed by atoms with Crippen LogP contribution in [0.4, 0.5) is 0 Å². The normalized spacial score (nSPS) is 14.9. The van der Waals surface area contributed by atoms with E-state index in [1.54, 1.807) is 0 Å². The second-order valence-corrected chi connectivity index (χ2v) is 9.47. The number of aromatic nitrogens is 2. The predicted molar refractivity (Wildman–Crippen MR) is 129 cm³/mol. The molecule has 6 heteroatoms. The van der Waals surface area contributed by atoms with Gasteiger partial charge in [0.1, 0.15) is 16.5 Å². The molecule has 0 saturated carbocycles. The monoisotopic (exact) mass is 445 g/mol. The van der Waals surface area contributed by atoms with Crippen molar-refractivity contribution < 1.29 is 9.53 Å². The van der Waals surface area contributed by atoms with Crippen molar-refractivity contribution in [2.75, 3.05) is 13.1 Å². The largest absolute Gasteiger partial charge is 0.491 e. The number of benzene rings is 2. The lowest BCUT2D eigenvalue weighted by molar-refractivity contribution is 0.0707. The van der Waals surface area contributed by atoms with Gasteiger partial charge in [-0.2, -0.15) is 0 Å². The Morgan fingerprint density at radius 2 is 1.88 bits per heavy atom. The van der Waals surface area contributed by atoms with Crippen LogP contribution >= 0.6 is 11.3 Å². The Hall–Kier alpha value is -3.12. The molecule has 1 fully saturated rings. The van der Waals surface area contributed by atoms with Crippen LogP contribution in [0, 0.1) is 0 Å². The van der Waals surface area contributed by atoms with Crippen molar-refractivity contribution in [2.24, 2.45) is 0 Å². The number of hydrogen-bond acceptors (Lipinski definition) is 4. The highest BCUT2D eigenvalue weighted by atomic mass is 32.1. The van der Waals surface area contributed by atoms with Gasteiger partial charge >= 0.3 is 0 Å². The van der Waals surface area contributed by atoms with Crippen LogP contribution in [-0.4, -0.2) is 40.0 Å². The minimum atomic E-state index is 0.0300. The van der Waals surface area contributed by atoms with Gasteiger partial charge < -0.3 is 14.6 Å². The number of aromatic amines is 1. The zero-order valence-electron chi connectivity index (χ0n) is 18.4. The van der Waals surface area contributed by atoms with Gasteiger partial charge in [-0.25, -0.2) is 4.98 Å². The van der Waals surface area contributed by atoms with Gasteiger partial charge in [0.15, 0.2) is 0 Å². The Kier molecular flexibility index (Phi) is 5.70. The lowest BCUT2D eigenvalue weighted by atomic mass is 9.93. The van der Waals surface area contributed by atoms with E-state index in [9.17, 15) is 4.79 Å². The molecule has 0 atom stereocenters. The summed E-state index contributed by atoms with van der Waals surface area (Å²) in [6.07, 6.45) is 2.07. The average Bonchev–Trinajstić information content (AvgIpc) is 3.46. The van der Waals surface area contributed by atoms with E-state index >= 15 is 0 Å². The third-order valence-corrected chi connectivity index (χ3v) is 6.86. The maximum atomic E-state index is 13.0. The van der Waals surface area contributed by atoms with E-state index in [2.05, 4.69) is 40.3 Å². The zero-order valence-corrected chi connectivity index (χ0v) is 19.2. The molecular weight excluding hydrogens is 418 g/mol. The minimum Gasteiger partial charge on any atom is -0.491 e. The molecule has 5 rings (SSSR count). The molecule has 164 valence electrons. The quantitative estimate of drug-likeness (QED) is 0.404. The highest BCUT2D eigenvalue weighted by Crippen LogP contribution is 2.31. The molecule has 1 N–H and O–H groups in total. The number of hydrogen-bond donors (Lipinski definition) is 1.